The van der Waals surface area contributed by atoms with Crippen LogP contribution in [0.15, 0.2) is 30.3 Å². The molecule has 2 nitrogen and oxygen atoms in total. The van der Waals surface area contributed by atoms with Crippen molar-refractivity contribution in [3.63, 3.8) is 0 Å². The maximum Gasteiger partial charge on any atom is 0.166 e. The average Bonchev–Trinajstić information content (AvgIpc) is 2.51. The number of benzene rings is 1. The van der Waals surface area contributed by atoms with Gasteiger partial charge >= 0.3 is 0 Å². The minimum absolute atomic E-state index is 0.789. The number of hydrogen-bond acceptors (Lipinski definition) is 1. The highest BCUT2D eigenvalue weighted by Crippen LogP contribution is 2.06. The summed E-state index contributed by atoms with van der Waals surface area (Å²) in [5.41, 5.74) is 1.35. The summed E-state index contributed by atoms with van der Waals surface area (Å²) in [6.07, 6.45) is 10.4. The van der Waals surface area contributed by atoms with E-state index in [-0.39, 0.29) is 0 Å². The van der Waals surface area contributed by atoms with E-state index in [1.54, 1.807) is 0 Å². The minimum Gasteiger partial charge on any atom is -0.363 e. The first-order valence-corrected chi connectivity index (χ1v) is 8.79. The fourth-order valence-corrected chi connectivity index (χ4v) is 2.52. The molecule has 0 aliphatic carbocycles. The fourth-order valence-electron chi connectivity index (χ4n) is 2.31. The Morgan fingerprint density at radius 2 is 1.48 bits per heavy atom. The molecule has 0 aromatic heterocycles. The van der Waals surface area contributed by atoms with E-state index in [1.807, 2.05) is 6.07 Å². The molecule has 0 amide bonds. The fraction of sp³-hybridized carbons (Fsp3) is 0.611. The molecule has 0 fully saturated rings. The molecule has 0 atom stereocenters. The minimum atomic E-state index is 0.789. The highest BCUT2D eigenvalue weighted by atomic mass is 32.1. The first kappa shape index (κ1) is 18.0. The summed E-state index contributed by atoms with van der Waals surface area (Å²) in [7, 11) is 0. The molecule has 1 rings (SSSR count). The van der Waals surface area contributed by atoms with Gasteiger partial charge in [-0.2, -0.15) is 0 Å². The zero-order chi connectivity index (χ0) is 15.2. The first-order chi connectivity index (χ1) is 10.3. The first-order valence-electron chi connectivity index (χ1n) is 8.38. The van der Waals surface area contributed by atoms with Crippen molar-refractivity contribution >= 4 is 17.3 Å². The second-order valence-corrected chi connectivity index (χ2v) is 5.95. The Kier molecular flexibility index (Phi) is 10.8. The zero-order valence-corrected chi connectivity index (χ0v) is 14.2. The van der Waals surface area contributed by atoms with Crippen LogP contribution in [0.4, 0.5) is 0 Å². The summed E-state index contributed by atoms with van der Waals surface area (Å²) in [6.45, 7) is 4.15. The number of hydrogen-bond donors (Lipinski definition) is 2. The van der Waals surface area contributed by atoms with Gasteiger partial charge in [0.15, 0.2) is 5.11 Å². The molecule has 0 radical (unpaired) electrons. The van der Waals surface area contributed by atoms with E-state index in [4.69, 9.17) is 12.2 Å². The number of rotatable bonds is 11. The van der Waals surface area contributed by atoms with Gasteiger partial charge in [-0.15, -0.1) is 0 Å². The number of thiocarbonyl (C=S) groups is 1. The molecule has 0 saturated carbocycles. The topological polar surface area (TPSA) is 24.1 Å². The predicted octanol–water partition coefficient (Wildman–Crippen LogP) is 4.44. The van der Waals surface area contributed by atoms with Crippen LogP contribution in [0.2, 0.25) is 0 Å². The molecule has 0 heterocycles. The summed E-state index contributed by atoms with van der Waals surface area (Å²) in [5, 5.41) is 7.35. The van der Waals surface area contributed by atoms with Gasteiger partial charge in [0.25, 0.3) is 0 Å². The summed E-state index contributed by atoms with van der Waals surface area (Å²) in [6, 6.07) is 10.5. The van der Waals surface area contributed by atoms with Crippen molar-refractivity contribution < 1.29 is 0 Å². The van der Waals surface area contributed by atoms with Gasteiger partial charge in [0.05, 0.1) is 0 Å². The highest BCUT2D eigenvalue weighted by molar-refractivity contribution is 7.80. The van der Waals surface area contributed by atoms with Gasteiger partial charge in [-0.05, 0) is 30.6 Å². The van der Waals surface area contributed by atoms with E-state index in [2.05, 4.69) is 41.8 Å². The Labute approximate surface area is 135 Å². The SMILES string of the molecule is CCCCCCCCCNC(=S)NCCc1ccccc1. The Balaban J connectivity index is 1.90. The lowest BCUT2D eigenvalue weighted by atomic mass is 10.1. The summed E-state index contributed by atoms with van der Waals surface area (Å²) >= 11 is 5.28. The van der Waals surface area contributed by atoms with Gasteiger partial charge in [-0.25, -0.2) is 0 Å². The maximum atomic E-state index is 5.28. The third kappa shape index (κ3) is 10.3. The summed E-state index contributed by atoms with van der Waals surface area (Å²) < 4.78 is 0. The van der Waals surface area contributed by atoms with Crippen LogP contribution in [0, 0.1) is 0 Å². The lowest BCUT2D eigenvalue weighted by Gasteiger charge is -2.10. The molecule has 0 unspecified atom stereocenters. The van der Waals surface area contributed by atoms with E-state index in [9.17, 15) is 0 Å². The van der Waals surface area contributed by atoms with E-state index in [0.29, 0.717) is 0 Å². The molecule has 0 aliphatic rings. The van der Waals surface area contributed by atoms with Crippen LogP contribution in [-0.2, 0) is 6.42 Å². The predicted molar refractivity (Wildman–Crippen MR) is 96.7 cm³/mol. The van der Waals surface area contributed by atoms with E-state index >= 15 is 0 Å². The van der Waals surface area contributed by atoms with Crippen LogP contribution in [0.1, 0.15) is 57.4 Å². The van der Waals surface area contributed by atoms with E-state index in [0.717, 1.165) is 24.6 Å². The molecule has 2 N–H and O–H groups in total. The molecular formula is C18H30N2S. The van der Waals surface area contributed by atoms with Crippen molar-refractivity contribution in [3.05, 3.63) is 35.9 Å². The smallest absolute Gasteiger partial charge is 0.166 e. The van der Waals surface area contributed by atoms with Gasteiger partial charge in [0.2, 0.25) is 0 Å². The molecule has 1 aromatic carbocycles. The van der Waals surface area contributed by atoms with Crippen LogP contribution in [0.5, 0.6) is 0 Å². The van der Waals surface area contributed by atoms with Gasteiger partial charge in [-0.1, -0.05) is 75.8 Å². The summed E-state index contributed by atoms with van der Waals surface area (Å²) in [5.74, 6) is 0. The van der Waals surface area contributed by atoms with Gasteiger partial charge < -0.3 is 10.6 Å². The number of unbranched alkanes of at least 4 members (excludes halogenated alkanes) is 6. The molecule has 0 bridgehead atoms. The lowest BCUT2D eigenvalue weighted by molar-refractivity contribution is 0.585. The Morgan fingerprint density at radius 1 is 0.857 bits per heavy atom. The maximum absolute atomic E-state index is 5.28. The molecule has 118 valence electrons. The van der Waals surface area contributed by atoms with Crippen molar-refractivity contribution in [1.82, 2.24) is 10.6 Å². The summed E-state index contributed by atoms with van der Waals surface area (Å²) in [4.78, 5) is 0. The van der Waals surface area contributed by atoms with Crippen molar-refractivity contribution in [2.45, 2.75) is 58.3 Å². The van der Waals surface area contributed by atoms with Crippen molar-refractivity contribution in [1.29, 1.82) is 0 Å². The highest BCUT2D eigenvalue weighted by Gasteiger charge is 1.96. The number of nitrogens with one attached hydrogen (secondary N) is 2. The van der Waals surface area contributed by atoms with E-state index < -0.39 is 0 Å². The Hall–Kier alpha value is -1.09. The van der Waals surface area contributed by atoms with Crippen LogP contribution in [0.25, 0.3) is 0 Å². The van der Waals surface area contributed by atoms with Gasteiger partial charge in [-0.3, -0.25) is 0 Å². The van der Waals surface area contributed by atoms with Crippen LogP contribution in [0.3, 0.4) is 0 Å². The second kappa shape index (κ2) is 12.6. The standard InChI is InChI=1S/C18H30N2S/c1-2-3-4-5-6-7-11-15-19-18(21)20-16-14-17-12-9-8-10-13-17/h8-10,12-13H,2-7,11,14-16H2,1H3,(H2,19,20,21). The third-order valence-electron chi connectivity index (χ3n) is 3.61. The van der Waals surface area contributed by atoms with Crippen molar-refractivity contribution in [2.75, 3.05) is 13.1 Å². The van der Waals surface area contributed by atoms with E-state index in [1.165, 1.54) is 50.5 Å². The van der Waals surface area contributed by atoms with Crippen LogP contribution in [-0.4, -0.2) is 18.2 Å². The Morgan fingerprint density at radius 3 is 2.19 bits per heavy atom. The normalized spacial score (nSPS) is 10.3. The zero-order valence-electron chi connectivity index (χ0n) is 13.4. The largest absolute Gasteiger partial charge is 0.363 e. The molecule has 21 heavy (non-hydrogen) atoms. The van der Waals surface area contributed by atoms with Crippen LogP contribution < -0.4 is 10.6 Å². The third-order valence-corrected chi connectivity index (χ3v) is 3.90. The van der Waals surface area contributed by atoms with Crippen molar-refractivity contribution in [3.8, 4) is 0 Å². The van der Waals surface area contributed by atoms with Gasteiger partial charge in [0, 0.05) is 13.1 Å². The van der Waals surface area contributed by atoms with Crippen molar-refractivity contribution in [2.24, 2.45) is 0 Å². The average molecular weight is 307 g/mol. The quantitative estimate of drug-likeness (QED) is 0.467. The molecule has 0 aliphatic heterocycles. The monoisotopic (exact) mass is 306 g/mol. The van der Waals surface area contributed by atoms with Gasteiger partial charge in [0.1, 0.15) is 0 Å². The molecular weight excluding hydrogens is 276 g/mol. The second-order valence-electron chi connectivity index (χ2n) is 5.54. The lowest BCUT2D eigenvalue weighted by Crippen LogP contribution is -2.36. The molecule has 3 heteroatoms. The molecule has 0 spiro atoms. The van der Waals surface area contributed by atoms with Crippen LogP contribution >= 0.6 is 12.2 Å². The molecule has 0 saturated heterocycles. The molecule has 1 aromatic rings. The Bertz CT molecular complexity index is 365.